The number of aliphatic carboxylic acids is 1. The van der Waals surface area contributed by atoms with Crippen LogP contribution >= 0.6 is 0 Å². The molecule has 2 N–H and O–H groups in total. The summed E-state index contributed by atoms with van der Waals surface area (Å²) in [7, 11) is 0. The summed E-state index contributed by atoms with van der Waals surface area (Å²) in [4.78, 5) is 23.9. The molecule has 0 bridgehead atoms. The van der Waals surface area contributed by atoms with Crippen molar-refractivity contribution < 1.29 is 24.8 Å². The fourth-order valence-electron chi connectivity index (χ4n) is 0.973. The zero-order valence-electron chi connectivity index (χ0n) is 10.8. The van der Waals surface area contributed by atoms with Crippen LogP contribution in [-0.2, 0) is 14.5 Å². The van der Waals surface area contributed by atoms with Gasteiger partial charge in [-0.3, -0.25) is 9.68 Å². The van der Waals surface area contributed by atoms with E-state index in [0.717, 1.165) is 0 Å². The Balaban J connectivity index is 0. The van der Waals surface area contributed by atoms with Crippen molar-refractivity contribution in [2.45, 2.75) is 26.7 Å². The van der Waals surface area contributed by atoms with E-state index in [9.17, 15) is 9.59 Å². The third kappa shape index (κ3) is 7.40. The highest BCUT2D eigenvalue weighted by Gasteiger charge is 2.29. The van der Waals surface area contributed by atoms with Gasteiger partial charge in [0.15, 0.2) is 0 Å². The third-order valence-corrected chi connectivity index (χ3v) is 2.14. The molecule has 0 unspecified atom stereocenters. The van der Waals surface area contributed by atoms with E-state index in [0.29, 0.717) is 12.8 Å². The second-order valence-electron chi connectivity index (χ2n) is 4.01. The molecule has 0 radical (unpaired) electrons. The average molecular weight is 256 g/mol. The minimum atomic E-state index is -0.794. The largest absolute Gasteiger partial charge is 0.481 e. The van der Waals surface area contributed by atoms with Crippen molar-refractivity contribution in [1.29, 1.82) is 0 Å². The number of carboxylic acids is 1. The molecule has 0 saturated carbocycles. The van der Waals surface area contributed by atoms with Gasteiger partial charge in [0.05, 0.1) is 5.41 Å². The quantitative estimate of drug-likeness (QED) is 0.330. The topological polar surface area (TPSA) is 83.8 Å². The van der Waals surface area contributed by atoms with E-state index in [1.165, 1.54) is 6.92 Å². The minimum absolute atomic E-state index is 0.183. The summed E-state index contributed by atoms with van der Waals surface area (Å²) in [5.41, 5.74) is -0.536. The van der Waals surface area contributed by atoms with Gasteiger partial charge in [0.2, 0.25) is 0 Å². The maximum atomic E-state index is 10.7. The van der Waals surface area contributed by atoms with Gasteiger partial charge in [-0.15, -0.1) is 13.2 Å². The van der Waals surface area contributed by atoms with E-state index in [1.54, 1.807) is 19.1 Å². The van der Waals surface area contributed by atoms with E-state index in [2.05, 4.69) is 24.6 Å². The van der Waals surface area contributed by atoms with Crippen LogP contribution in [0.5, 0.6) is 0 Å². The average Bonchev–Trinajstić information content (AvgIpc) is 2.29. The Morgan fingerprint density at radius 2 is 1.67 bits per heavy atom. The molecular weight excluding hydrogens is 236 g/mol. The predicted molar refractivity (Wildman–Crippen MR) is 68.9 cm³/mol. The zero-order chi connectivity index (χ0) is 14.8. The van der Waals surface area contributed by atoms with Gasteiger partial charge in [-0.1, -0.05) is 18.7 Å². The van der Waals surface area contributed by atoms with Gasteiger partial charge >= 0.3 is 11.9 Å². The molecule has 0 aliphatic rings. The molecule has 0 aromatic carbocycles. The lowest BCUT2D eigenvalue weighted by molar-refractivity contribution is -0.229. The van der Waals surface area contributed by atoms with E-state index in [4.69, 9.17) is 10.4 Å². The molecule has 0 aliphatic heterocycles. The molecule has 0 aromatic rings. The Kier molecular flexibility index (Phi) is 9.43. The van der Waals surface area contributed by atoms with Crippen LogP contribution in [-0.4, -0.2) is 22.3 Å². The van der Waals surface area contributed by atoms with Crippen molar-refractivity contribution in [2.24, 2.45) is 5.41 Å². The van der Waals surface area contributed by atoms with Gasteiger partial charge in [0.25, 0.3) is 0 Å². The van der Waals surface area contributed by atoms with Crippen molar-refractivity contribution in [1.82, 2.24) is 0 Å². The molecule has 0 atom stereocenters. The van der Waals surface area contributed by atoms with Gasteiger partial charge in [-0.05, 0) is 26.7 Å². The Bertz CT molecular complexity index is 320. The highest BCUT2D eigenvalue weighted by Crippen LogP contribution is 2.26. The van der Waals surface area contributed by atoms with Gasteiger partial charge in [-0.2, -0.15) is 5.26 Å². The normalized spacial score (nSPS) is 9.50. The maximum absolute atomic E-state index is 10.7. The Morgan fingerprint density at radius 1 is 1.28 bits per heavy atom. The van der Waals surface area contributed by atoms with Crippen molar-refractivity contribution in [2.75, 3.05) is 0 Å². The first-order chi connectivity index (χ1) is 8.25. The van der Waals surface area contributed by atoms with E-state index < -0.39 is 17.4 Å². The number of allylic oxidation sites excluding steroid dienone is 2. The molecule has 5 nitrogen and oxygen atoms in total. The van der Waals surface area contributed by atoms with Gasteiger partial charge in [-0.25, -0.2) is 4.79 Å². The molecule has 0 fully saturated rings. The molecule has 0 aliphatic carbocycles. The first-order valence-electron chi connectivity index (χ1n) is 5.21. The summed E-state index contributed by atoms with van der Waals surface area (Å²) in [5.74, 6) is -1.59. The Labute approximate surface area is 107 Å². The molecule has 0 rings (SSSR count). The van der Waals surface area contributed by atoms with Crippen LogP contribution in [0.25, 0.3) is 0 Å². The second-order valence-corrected chi connectivity index (χ2v) is 4.01. The highest BCUT2D eigenvalue weighted by molar-refractivity contribution is 5.86. The van der Waals surface area contributed by atoms with Gasteiger partial charge in [0, 0.05) is 5.57 Å². The van der Waals surface area contributed by atoms with Crippen LogP contribution in [0.4, 0.5) is 0 Å². The second kappa shape index (κ2) is 9.18. The summed E-state index contributed by atoms with van der Waals surface area (Å²) in [5, 5.41) is 16.4. The van der Waals surface area contributed by atoms with Crippen molar-refractivity contribution in [3.63, 3.8) is 0 Å². The molecule has 0 saturated heterocycles. The van der Waals surface area contributed by atoms with Gasteiger partial charge in [0.1, 0.15) is 0 Å². The number of carbonyl (C=O) groups is 2. The van der Waals surface area contributed by atoms with Crippen LogP contribution < -0.4 is 0 Å². The summed E-state index contributed by atoms with van der Waals surface area (Å²) >= 11 is 0. The maximum Gasteiger partial charge on any atom is 0.367 e. The summed E-state index contributed by atoms with van der Waals surface area (Å²) < 4.78 is 0. The third-order valence-electron chi connectivity index (χ3n) is 2.14. The predicted octanol–water partition coefficient (Wildman–Crippen LogP) is 2.81. The van der Waals surface area contributed by atoms with Crippen LogP contribution in [0.2, 0.25) is 0 Å². The summed E-state index contributed by atoms with van der Waals surface area (Å²) in [6.45, 7) is 13.4. The van der Waals surface area contributed by atoms with E-state index in [-0.39, 0.29) is 5.57 Å². The standard InChI is InChI=1S/C9H14O2.C4H6O3/c1-4-6-9(3,7-5-2)8(10)11;1-3(2)4(5)7-6/h4-5H,1-2,6-7H2,3H3,(H,10,11);6H,1H2,2H3. The lowest BCUT2D eigenvalue weighted by atomic mass is 9.83. The van der Waals surface area contributed by atoms with Crippen LogP contribution in [0.15, 0.2) is 37.5 Å². The minimum Gasteiger partial charge on any atom is -0.481 e. The first kappa shape index (κ1) is 18.5. The zero-order valence-corrected chi connectivity index (χ0v) is 10.8. The molecular formula is C13H20O5. The number of hydrogen-bond acceptors (Lipinski definition) is 4. The van der Waals surface area contributed by atoms with E-state index >= 15 is 0 Å². The molecule has 0 amide bonds. The van der Waals surface area contributed by atoms with E-state index in [1.807, 2.05) is 0 Å². The van der Waals surface area contributed by atoms with Crippen molar-refractivity contribution >= 4 is 11.9 Å². The van der Waals surface area contributed by atoms with Crippen LogP contribution in [0.3, 0.4) is 0 Å². The summed E-state index contributed by atoms with van der Waals surface area (Å²) in [6, 6.07) is 0. The number of hydrogen-bond donors (Lipinski definition) is 2. The number of carboxylic acid groups (broad SMARTS) is 1. The first-order valence-corrected chi connectivity index (χ1v) is 5.21. The molecule has 5 heteroatoms. The molecule has 18 heavy (non-hydrogen) atoms. The molecule has 0 spiro atoms. The Morgan fingerprint density at radius 3 is 1.78 bits per heavy atom. The van der Waals surface area contributed by atoms with Gasteiger partial charge < -0.3 is 5.11 Å². The highest BCUT2D eigenvalue weighted by atomic mass is 17.1. The SMILES string of the molecule is C=C(C)C(=O)OO.C=CCC(C)(CC=C)C(=O)O. The lowest BCUT2D eigenvalue weighted by Gasteiger charge is -2.20. The molecule has 0 aromatic heterocycles. The fraction of sp³-hybridized carbons (Fsp3) is 0.385. The van der Waals surface area contributed by atoms with Crippen LogP contribution in [0, 0.1) is 5.41 Å². The van der Waals surface area contributed by atoms with Crippen molar-refractivity contribution in [3.05, 3.63) is 37.5 Å². The fourth-order valence-corrected chi connectivity index (χ4v) is 0.973. The Hall–Kier alpha value is -1.88. The molecule has 102 valence electrons. The lowest BCUT2D eigenvalue weighted by Crippen LogP contribution is -2.25. The molecule has 0 heterocycles. The van der Waals surface area contributed by atoms with Crippen LogP contribution in [0.1, 0.15) is 26.7 Å². The summed E-state index contributed by atoms with van der Waals surface area (Å²) in [6.07, 6.45) is 4.21. The monoisotopic (exact) mass is 256 g/mol. The smallest absolute Gasteiger partial charge is 0.367 e. The number of carbonyl (C=O) groups excluding carboxylic acids is 1. The van der Waals surface area contributed by atoms with Crippen molar-refractivity contribution in [3.8, 4) is 0 Å². The number of rotatable bonds is 6.